The molecule has 17 heteroatoms. The van der Waals surface area contributed by atoms with Gasteiger partial charge in [0.15, 0.2) is 10.8 Å². The topological polar surface area (TPSA) is 191 Å². The average Bonchev–Trinajstić information content (AvgIpc) is 3.49. The monoisotopic (exact) mass is 549 g/mol. The molecular formula is C19H19N9O5S3. The summed E-state index contributed by atoms with van der Waals surface area (Å²) in [7, 11) is 0. The largest absolute Gasteiger partial charge is 0.477 e. The second kappa shape index (κ2) is 11.0. The number of oxime groups is 1. The lowest BCUT2D eigenvalue weighted by Crippen LogP contribution is -2.71. The molecule has 1 fully saturated rings. The normalized spacial score (nSPS) is 19.4. The molecule has 14 nitrogen and oxygen atoms in total. The number of carboxylic acid groups (broad SMARTS) is 1. The van der Waals surface area contributed by atoms with Crippen LogP contribution in [0.15, 0.2) is 27.0 Å². The number of amides is 2. The predicted molar refractivity (Wildman–Crippen MR) is 132 cm³/mol. The molecule has 2 aromatic rings. The van der Waals surface area contributed by atoms with Gasteiger partial charge in [-0.2, -0.15) is 0 Å². The van der Waals surface area contributed by atoms with E-state index in [1.54, 1.807) is 12.3 Å². The third-order valence-electron chi connectivity index (χ3n) is 4.92. The smallest absolute Gasteiger partial charge is 0.352 e. The number of nitrogens with one attached hydrogen (secondary N) is 1. The van der Waals surface area contributed by atoms with Crippen molar-refractivity contribution in [2.45, 2.75) is 30.0 Å². The number of fused-ring (bicyclic) bond motifs is 1. The molecule has 4 heterocycles. The number of nitrogens with zero attached hydrogens (tertiary/aromatic N) is 7. The van der Waals surface area contributed by atoms with Gasteiger partial charge in [-0.05, 0) is 22.9 Å². The number of nitrogen functional groups attached to an aromatic ring is 1. The summed E-state index contributed by atoms with van der Waals surface area (Å²) in [6.45, 7) is 2.09. The molecule has 2 atom stereocenters. The first kappa shape index (κ1) is 25.5. The second-order valence-electron chi connectivity index (χ2n) is 7.16. The number of carbonyl (C=O) groups is 3. The molecule has 1 unspecified atom stereocenters. The van der Waals surface area contributed by atoms with Gasteiger partial charge in [-0.1, -0.05) is 22.8 Å². The summed E-state index contributed by atoms with van der Waals surface area (Å²) in [6, 6.07) is -0.947. The number of terminal acetylenes is 1. The van der Waals surface area contributed by atoms with Crippen LogP contribution in [0.3, 0.4) is 0 Å². The van der Waals surface area contributed by atoms with E-state index in [9.17, 15) is 19.5 Å². The van der Waals surface area contributed by atoms with Crippen molar-refractivity contribution in [1.29, 1.82) is 0 Å². The zero-order chi connectivity index (χ0) is 25.8. The van der Waals surface area contributed by atoms with Crippen LogP contribution in [-0.4, -0.2) is 88.2 Å². The van der Waals surface area contributed by atoms with E-state index in [-0.39, 0.29) is 41.1 Å². The van der Waals surface area contributed by atoms with E-state index in [2.05, 4.69) is 36.9 Å². The van der Waals surface area contributed by atoms with Crippen molar-refractivity contribution in [3.05, 3.63) is 22.3 Å². The number of rotatable bonds is 10. The summed E-state index contributed by atoms with van der Waals surface area (Å²) in [6.07, 6.45) is 5.31. The Hall–Kier alpha value is -3.62. The number of tetrazole rings is 1. The number of aliphatic carboxylic acids is 1. The summed E-state index contributed by atoms with van der Waals surface area (Å²) >= 11 is 3.68. The molecule has 0 spiro atoms. The van der Waals surface area contributed by atoms with Crippen molar-refractivity contribution < 1.29 is 24.3 Å². The Labute approximate surface area is 216 Å². The van der Waals surface area contributed by atoms with Crippen LogP contribution in [0.25, 0.3) is 0 Å². The minimum absolute atomic E-state index is 0.117. The Balaban J connectivity index is 1.49. The molecule has 0 bridgehead atoms. The second-order valence-corrected chi connectivity index (χ2v) is 10.1. The van der Waals surface area contributed by atoms with Crippen LogP contribution in [0.5, 0.6) is 0 Å². The summed E-state index contributed by atoms with van der Waals surface area (Å²) in [5.41, 5.74) is 6.15. The van der Waals surface area contributed by atoms with E-state index in [4.69, 9.17) is 17.0 Å². The van der Waals surface area contributed by atoms with Gasteiger partial charge in [-0.25, -0.2) is 14.5 Å². The molecule has 36 heavy (non-hydrogen) atoms. The van der Waals surface area contributed by atoms with E-state index in [1.165, 1.54) is 33.1 Å². The summed E-state index contributed by atoms with van der Waals surface area (Å²) in [5.74, 6) is 0.529. The first-order valence-electron chi connectivity index (χ1n) is 10.3. The quantitative estimate of drug-likeness (QED) is 0.115. The number of hydrogen-bond acceptors (Lipinski definition) is 13. The Morgan fingerprint density at radius 2 is 2.31 bits per heavy atom. The number of carboxylic acids is 1. The molecule has 0 aromatic carbocycles. The fraction of sp³-hybridized carbons (Fsp3) is 0.368. The lowest BCUT2D eigenvalue weighted by molar-refractivity contribution is -0.150. The number of β-lactam (4-membered cyclic amide) rings is 1. The highest BCUT2D eigenvalue weighted by molar-refractivity contribution is 8.01. The van der Waals surface area contributed by atoms with E-state index < -0.39 is 29.2 Å². The minimum atomic E-state index is -1.24. The van der Waals surface area contributed by atoms with Crippen LogP contribution in [-0.2, 0) is 25.8 Å². The number of anilines is 1. The number of nitrogens with two attached hydrogens (primary N) is 1. The molecule has 2 aliphatic heterocycles. The highest BCUT2D eigenvalue weighted by Crippen LogP contribution is 2.41. The predicted octanol–water partition coefficient (Wildman–Crippen LogP) is -0.383. The van der Waals surface area contributed by atoms with Gasteiger partial charge >= 0.3 is 5.97 Å². The number of thiazole rings is 1. The van der Waals surface area contributed by atoms with Crippen LogP contribution < -0.4 is 11.1 Å². The molecule has 4 N–H and O–H groups in total. The molecule has 0 radical (unpaired) electrons. The molecule has 0 saturated carbocycles. The third-order valence-corrected chi connectivity index (χ3v) is 7.97. The van der Waals surface area contributed by atoms with Gasteiger partial charge < -0.3 is 21.0 Å². The van der Waals surface area contributed by atoms with Gasteiger partial charge in [0.05, 0.1) is 0 Å². The number of thioether (sulfide) groups is 2. The van der Waals surface area contributed by atoms with Gasteiger partial charge in [-0.15, -0.1) is 34.6 Å². The zero-order valence-corrected chi connectivity index (χ0v) is 21.1. The molecule has 2 aromatic heterocycles. The Bertz CT molecular complexity index is 1300. The lowest BCUT2D eigenvalue weighted by Gasteiger charge is -2.49. The van der Waals surface area contributed by atoms with E-state index >= 15 is 0 Å². The van der Waals surface area contributed by atoms with Crippen molar-refractivity contribution in [2.75, 3.05) is 23.8 Å². The maximum Gasteiger partial charge on any atom is 0.352 e. The van der Waals surface area contributed by atoms with Gasteiger partial charge in [0.2, 0.25) is 5.16 Å². The third kappa shape index (κ3) is 5.01. The molecule has 4 rings (SSSR count). The molecule has 2 aliphatic rings. The fourth-order valence-electron chi connectivity index (χ4n) is 3.37. The minimum Gasteiger partial charge on any atom is -0.477 e. The maximum absolute atomic E-state index is 13.0. The van der Waals surface area contributed by atoms with E-state index in [0.29, 0.717) is 16.5 Å². The highest BCUT2D eigenvalue weighted by Gasteiger charge is 2.54. The van der Waals surface area contributed by atoms with Crippen molar-refractivity contribution in [1.82, 2.24) is 35.4 Å². The fourth-order valence-corrected chi connectivity index (χ4v) is 6.28. The summed E-state index contributed by atoms with van der Waals surface area (Å²) in [4.78, 5) is 48.3. The van der Waals surface area contributed by atoms with E-state index in [1.807, 2.05) is 0 Å². The van der Waals surface area contributed by atoms with Crippen molar-refractivity contribution >= 4 is 63.5 Å². The van der Waals surface area contributed by atoms with Crippen LogP contribution in [0, 0.1) is 12.3 Å². The van der Waals surface area contributed by atoms with Crippen molar-refractivity contribution in [3.63, 3.8) is 0 Å². The Morgan fingerprint density at radius 1 is 1.50 bits per heavy atom. The SMILES string of the molecule is C#CCn1nnnc1SCC1=C(C(=O)O)N2C(=O)C(NC(=O)C(=NOCC)c3csc(N)n3)[C@H]2SC1. The van der Waals surface area contributed by atoms with Crippen molar-refractivity contribution in [3.8, 4) is 12.3 Å². The van der Waals surface area contributed by atoms with Crippen molar-refractivity contribution in [2.24, 2.45) is 5.16 Å². The molecule has 0 aliphatic carbocycles. The van der Waals surface area contributed by atoms with Crippen LogP contribution >= 0.6 is 34.9 Å². The van der Waals surface area contributed by atoms with Gasteiger partial charge in [0, 0.05) is 16.9 Å². The lowest BCUT2D eigenvalue weighted by atomic mass is 10.0. The number of carbonyl (C=O) groups excluding carboxylic acids is 2. The first-order valence-corrected chi connectivity index (χ1v) is 13.2. The highest BCUT2D eigenvalue weighted by atomic mass is 32.2. The Kier molecular flexibility index (Phi) is 7.76. The Morgan fingerprint density at radius 3 is 2.97 bits per heavy atom. The van der Waals surface area contributed by atoms with Gasteiger partial charge in [-0.3, -0.25) is 14.5 Å². The average molecular weight is 550 g/mol. The molecule has 2 amide bonds. The number of aromatic nitrogens is 5. The van der Waals surface area contributed by atoms with Gasteiger partial charge in [0.1, 0.15) is 36.0 Å². The van der Waals surface area contributed by atoms with Crippen LogP contribution in [0.4, 0.5) is 5.13 Å². The standard InChI is InChI=1S/C19H19N9O5S3/c1-3-5-27-19(23-25-26-27)36-7-9-6-34-16-12(15(30)28(16)13(9)17(31)32)22-14(29)11(24-33-4-2)10-8-35-18(20)21-10/h1,8,12,16H,4-7H2,2H3,(H2,20,21)(H,22,29)(H,31,32)/t12?,16-/m1/s1. The van der Waals surface area contributed by atoms with Gasteiger partial charge in [0.25, 0.3) is 11.8 Å². The summed E-state index contributed by atoms with van der Waals surface area (Å²) in [5, 5.41) is 29.2. The van der Waals surface area contributed by atoms with E-state index in [0.717, 1.165) is 11.3 Å². The number of hydrogen-bond donors (Lipinski definition) is 3. The molecule has 188 valence electrons. The molecular weight excluding hydrogens is 530 g/mol. The first-order chi connectivity index (χ1) is 17.3. The van der Waals surface area contributed by atoms with Crippen LogP contribution in [0.2, 0.25) is 0 Å². The maximum atomic E-state index is 13.0. The summed E-state index contributed by atoms with van der Waals surface area (Å²) < 4.78 is 1.42. The zero-order valence-electron chi connectivity index (χ0n) is 18.7. The molecule has 1 saturated heterocycles. The van der Waals surface area contributed by atoms with Crippen LogP contribution in [0.1, 0.15) is 12.6 Å².